The van der Waals surface area contributed by atoms with Crippen molar-refractivity contribution in [3.63, 3.8) is 0 Å². The first kappa shape index (κ1) is 33.2. The number of alkyl halides is 1. The van der Waals surface area contributed by atoms with Gasteiger partial charge < -0.3 is 18.9 Å². The van der Waals surface area contributed by atoms with Crippen molar-refractivity contribution in [2.24, 2.45) is 11.8 Å². The van der Waals surface area contributed by atoms with Crippen LogP contribution in [0.1, 0.15) is 90.4 Å². The van der Waals surface area contributed by atoms with Gasteiger partial charge in [-0.1, -0.05) is 39.0 Å². The number of hydrogen-bond donors (Lipinski definition) is 1. The smallest absolute Gasteiger partial charge is 0.363 e. The third-order valence-electron chi connectivity index (χ3n) is 10.0. The van der Waals surface area contributed by atoms with E-state index in [1.165, 1.54) is 32.1 Å². The van der Waals surface area contributed by atoms with Gasteiger partial charge in [0.05, 0.1) is 34.6 Å². The molecule has 3 saturated carbocycles. The number of rotatable bonds is 12. The van der Waals surface area contributed by atoms with Gasteiger partial charge in [0.15, 0.2) is 18.0 Å². The maximum atomic E-state index is 11.7. The van der Waals surface area contributed by atoms with Gasteiger partial charge in [-0.05, 0) is 55.9 Å². The van der Waals surface area contributed by atoms with E-state index in [2.05, 4.69) is 11.5 Å². The Bertz CT molecular complexity index is 1200. The molecule has 7 atom stereocenters. The summed E-state index contributed by atoms with van der Waals surface area (Å²) in [6.07, 6.45) is 17.3. The Morgan fingerprint density at radius 2 is 1.88 bits per heavy atom. The molecule has 10 nitrogen and oxygen atoms in total. The molecule has 2 aliphatic heterocycles. The standard InChI is InChI=1S/C30H47ClN2O8S2/c1-2-21(17-29-32(13-6-15-39-42(34)35)26-20-24(31)10-12-28(26)41-29)18-30-33(14-16-43(36,37)38)25-19-23(9-11-27(25)40-30)22-7-4-3-5-8-22/h17-18,22-28H,2-16,19-20H2,1H3,(H-,34,35,36,37,38). The van der Waals surface area contributed by atoms with E-state index in [9.17, 15) is 17.2 Å². The molecule has 7 unspecified atom stereocenters. The first-order valence-corrected chi connectivity index (χ1v) is 19.1. The quantitative estimate of drug-likeness (QED) is 0.104. The number of allylic oxidation sites excluding steroid dienone is 2. The van der Waals surface area contributed by atoms with Gasteiger partial charge in [-0.3, -0.25) is 8.74 Å². The van der Waals surface area contributed by atoms with E-state index in [1.807, 2.05) is 17.1 Å². The average molecular weight is 663 g/mol. The molecule has 0 aromatic carbocycles. The average Bonchev–Trinajstić information content (AvgIpc) is 3.49. The second-order valence-corrected chi connectivity index (χ2v) is 15.6. The third kappa shape index (κ3) is 8.76. The molecule has 0 amide bonds. The molecule has 13 heteroatoms. The van der Waals surface area contributed by atoms with Crippen LogP contribution in [0.15, 0.2) is 23.6 Å². The lowest BCUT2D eigenvalue weighted by atomic mass is 9.71. The Balaban J connectivity index is 1.39. The van der Waals surface area contributed by atoms with Crippen LogP contribution in [-0.2, 0) is 35.1 Å². The second-order valence-electron chi connectivity index (χ2n) is 12.8. The van der Waals surface area contributed by atoms with E-state index >= 15 is 0 Å². The van der Waals surface area contributed by atoms with E-state index in [-0.39, 0.29) is 42.8 Å². The van der Waals surface area contributed by atoms with Crippen molar-refractivity contribution in [1.82, 2.24) is 4.90 Å². The van der Waals surface area contributed by atoms with Crippen molar-refractivity contribution in [3.05, 3.63) is 23.6 Å². The highest BCUT2D eigenvalue weighted by Gasteiger charge is 2.47. The van der Waals surface area contributed by atoms with Gasteiger partial charge in [0.1, 0.15) is 12.6 Å². The molecule has 4 fully saturated rings. The zero-order chi connectivity index (χ0) is 30.6. The minimum absolute atomic E-state index is 0.00830. The van der Waals surface area contributed by atoms with Crippen molar-refractivity contribution < 1.29 is 40.0 Å². The van der Waals surface area contributed by atoms with Crippen LogP contribution in [0, 0.1) is 11.8 Å². The molecule has 0 spiro atoms. The molecule has 1 N–H and O–H groups in total. The number of hydrogen-bond acceptors (Lipinski definition) is 8. The summed E-state index contributed by atoms with van der Waals surface area (Å²) in [6, 6.07) is 0.188. The van der Waals surface area contributed by atoms with Gasteiger partial charge in [0.25, 0.3) is 0 Å². The van der Waals surface area contributed by atoms with Crippen molar-refractivity contribution in [3.8, 4) is 0 Å². The molecule has 1 saturated heterocycles. The van der Waals surface area contributed by atoms with Gasteiger partial charge in [-0.2, -0.15) is 8.78 Å². The topological polar surface area (TPSA) is 128 Å². The molecule has 2 heterocycles. The summed E-state index contributed by atoms with van der Waals surface area (Å²) in [5.41, 5.74) is 0.973. The molecule has 0 radical (unpaired) electrons. The van der Waals surface area contributed by atoms with Gasteiger partial charge in [-0.15, -0.1) is 11.6 Å². The predicted octanol–water partition coefficient (Wildman–Crippen LogP) is 4.67. The Morgan fingerprint density at radius 3 is 2.60 bits per heavy atom. The fraction of sp³-hybridized carbons (Fsp3) is 0.833. The van der Waals surface area contributed by atoms with E-state index in [1.54, 1.807) is 0 Å². The molecule has 0 aromatic heterocycles. The van der Waals surface area contributed by atoms with Crippen molar-refractivity contribution in [1.29, 1.82) is 0 Å². The van der Waals surface area contributed by atoms with E-state index in [0.29, 0.717) is 31.2 Å². The Kier molecular flexibility index (Phi) is 11.5. The highest BCUT2D eigenvalue weighted by molar-refractivity contribution is 7.85. The molecule has 3 aliphatic carbocycles. The molecule has 0 bridgehead atoms. The second kappa shape index (κ2) is 14.9. The summed E-state index contributed by atoms with van der Waals surface area (Å²) in [4.78, 5) is 2.04. The molecule has 0 aromatic rings. The highest BCUT2D eigenvalue weighted by atomic mass is 35.5. The number of ether oxygens (including phenoxy) is 2. The maximum absolute atomic E-state index is 11.7. The summed E-state index contributed by atoms with van der Waals surface area (Å²) >= 11 is 4.25. The molecule has 5 rings (SSSR count). The van der Waals surface area contributed by atoms with E-state index in [4.69, 9.17) is 29.8 Å². The van der Waals surface area contributed by atoms with Crippen LogP contribution in [0.5, 0.6) is 0 Å². The lowest BCUT2D eigenvalue weighted by Crippen LogP contribution is -2.43. The Hall–Kier alpha value is -1.18. The first-order valence-electron chi connectivity index (χ1n) is 16.1. The number of fused-ring (bicyclic) bond motifs is 2. The van der Waals surface area contributed by atoms with Crippen LogP contribution >= 0.6 is 11.6 Å². The van der Waals surface area contributed by atoms with Crippen LogP contribution in [0.3, 0.4) is 0 Å². The van der Waals surface area contributed by atoms with Crippen molar-refractivity contribution >= 4 is 39.0 Å². The Morgan fingerprint density at radius 1 is 1.12 bits per heavy atom. The van der Waals surface area contributed by atoms with Gasteiger partial charge in [0.2, 0.25) is 0 Å². The molecular weight excluding hydrogens is 616 g/mol. The molecular formula is C30H47ClN2O8S2. The fourth-order valence-electron chi connectivity index (χ4n) is 7.88. The van der Waals surface area contributed by atoms with Crippen LogP contribution in [0.25, 0.3) is 0 Å². The summed E-state index contributed by atoms with van der Waals surface area (Å²) in [5, 5.41) is 0.0724. The number of nitrogens with zero attached hydrogens (tertiary/aromatic N) is 2. The molecule has 43 heavy (non-hydrogen) atoms. The first-order chi connectivity index (χ1) is 20.6. The molecule has 5 aliphatic rings. The van der Waals surface area contributed by atoms with Gasteiger partial charge >= 0.3 is 17.3 Å². The summed E-state index contributed by atoms with van der Waals surface area (Å²) in [5.74, 6) is 2.25. The summed E-state index contributed by atoms with van der Waals surface area (Å²) in [6.45, 7) is 2.93. The lowest BCUT2D eigenvalue weighted by molar-refractivity contribution is -0.562. The minimum Gasteiger partial charge on any atom is -0.748 e. The minimum atomic E-state index is -4.38. The fourth-order valence-corrected chi connectivity index (χ4v) is 8.87. The number of halogens is 1. The SMILES string of the molecule is CCC(=CC1=[N+](CCCOS(=O)O)C2CC(Cl)CCC2O1)C=C1OC2CCC(C3CCCCC3)CC2N1CCS(=O)(=O)[O-]. The predicted molar refractivity (Wildman–Crippen MR) is 164 cm³/mol. The monoisotopic (exact) mass is 662 g/mol. The van der Waals surface area contributed by atoms with Crippen LogP contribution in [0.4, 0.5) is 0 Å². The normalized spacial score (nSPS) is 33.7. The lowest BCUT2D eigenvalue weighted by Gasteiger charge is -2.39. The maximum Gasteiger partial charge on any atom is 0.363 e. The van der Waals surface area contributed by atoms with E-state index in [0.717, 1.165) is 55.9 Å². The molecule has 244 valence electrons. The zero-order valence-corrected chi connectivity index (χ0v) is 27.5. The van der Waals surface area contributed by atoms with E-state index < -0.39 is 27.2 Å². The van der Waals surface area contributed by atoms with Crippen LogP contribution in [-0.4, -0.2) is 92.2 Å². The van der Waals surface area contributed by atoms with Gasteiger partial charge in [-0.25, -0.2) is 8.42 Å². The van der Waals surface area contributed by atoms with Crippen LogP contribution in [0.2, 0.25) is 0 Å². The zero-order valence-electron chi connectivity index (χ0n) is 25.1. The van der Waals surface area contributed by atoms with Gasteiger partial charge in [0, 0.05) is 30.8 Å². The largest absolute Gasteiger partial charge is 0.748 e. The summed E-state index contributed by atoms with van der Waals surface area (Å²) < 4.78 is 75.0. The van der Waals surface area contributed by atoms with Crippen molar-refractivity contribution in [2.75, 3.05) is 25.4 Å². The third-order valence-corrected chi connectivity index (χ3v) is 11.5. The van der Waals surface area contributed by atoms with Crippen molar-refractivity contribution in [2.45, 2.75) is 120 Å². The Labute approximate surface area is 264 Å². The highest BCUT2D eigenvalue weighted by Crippen LogP contribution is 2.44. The summed E-state index contributed by atoms with van der Waals surface area (Å²) in [7, 11) is -4.38. The van der Waals surface area contributed by atoms with Crippen LogP contribution < -0.4 is 0 Å².